The molecule has 0 aromatic carbocycles. The monoisotopic (exact) mass is 469 g/mol. The van der Waals surface area contributed by atoms with Gasteiger partial charge in [0.05, 0.1) is 6.10 Å². The summed E-state index contributed by atoms with van der Waals surface area (Å²) in [6.45, 7) is 7.32. The lowest BCUT2D eigenvalue weighted by atomic mass is 9.95. The van der Waals surface area contributed by atoms with E-state index < -0.39 is 6.10 Å². The minimum Gasteiger partial charge on any atom is -0.391 e. The van der Waals surface area contributed by atoms with Gasteiger partial charge in [0, 0.05) is 18.0 Å². The zero-order valence-electron chi connectivity index (χ0n) is 18.5. The molecule has 0 saturated carbocycles. The first-order chi connectivity index (χ1) is 12.5. The average Bonchev–Trinajstić information content (AvgIpc) is 2.63. The molecule has 0 radical (unpaired) electrons. The molecule has 0 aromatic rings. The van der Waals surface area contributed by atoms with Crippen molar-refractivity contribution in [2.24, 2.45) is 0 Å². The molecule has 0 aliphatic rings. The molecule has 0 rings (SSSR count). The number of halogens is 2. The largest absolute Gasteiger partial charge is 0.391 e. The molecule has 0 aromatic heterocycles. The number of aliphatic hydroxyl groups excluding tert-OH is 1. The van der Waals surface area contributed by atoms with Gasteiger partial charge in [-0.15, -0.1) is 28.6 Å². The van der Waals surface area contributed by atoms with Gasteiger partial charge in [-0.1, -0.05) is 103 Å². The zero-order chi connectivity index (χ0) is 19.5. The van der Waals surface area contributed by atoms with Crippen molar-refractivity contribution in [3.05, 3.63) is 0 Å². The van der Waals surface area contributed by atoms with Crippen LogP contribution in [-0.2, 0) is 0 Å². The zero-order valence-corrected chi connectivity index (χ0v) is 21.0. The van der Waals surface area contributed by atoms with E-state index in [0.717, 1.165) is 0 Å². The number of alkyl halides is 1. The Morgan fingerprint density at radius 2 is 1.11 bits per heavy atom. The highest BCUT2D eigenvalue weighted by atomic mass is 79.9. The van der Waals surface area contributed by atoms with E-state index in [9.17, 15) is 5.11 Å². The second-order valence-corrected chi connectivity index (χ2v) is 9.08. The fourth-order valence-electron chi connectivity index (χ4n) is 3.48. The van der Waals surface area contributed by atoms with Gasteiger partial charge in [-0.25, -0.2) is 0 Å². The van der Waals surface area contributed by atoms with Crippen LogP contribution in [0.2, 0.25) is 0 Å². The third-order valence-electron chi connectivity index (χ3n) is 5.40. The van der Waals surface area contributed by atoms with E-state index >= 15 is 0 Å². The van der Waals surface area contributed by atoms with Gasteiger partial charge < -0.3 is 10.4 Å². The van der Waals surface area contributed by atoms with Crippen LogP contribution in [0.1, 0.15) is 124 Å². The molecule has 1 unspecified atom stereocenters. The van der Waals surface area contributed by atoms with Crippen molar-refractivity contribution in [3.63, 3.8) is 0 Å². The summed E-state index contributed by atoms with van der Waals surface area (Å²) in [5.74, 6) is 0.308. The quantitative estimate of drug-likeness (QED) is 0.140. The van der Waals surface area contributed by atoms with Gasteiger partial charge in [0.1, 0.15) is 0 Å². The minimum atomic E-state index is -0.433. The number of unbranched alkanes of at least 4 members (excludes halogenated alkanes) is 14. The van der Waals surface area contributed by atoms with Crippen LogP contribution in [-0.4, -0.2) is 29.2 Å². The summed E-state index contributed by atoms with van der Waals surface area (Å²) in [5.41, 5.74) is 0.101. The van der Waals surface area contributed by atoms with E-state index in [1.165, 1.54) is 103 Å². The van der Waals surface area contributed by atoms with E-state index in [0.29, 0.717) is 12.4 Å². The second-order valence-electron chi connectivity index (χ2n) is 8.77. The van der Waals surface area contributed by atoms with E-state index in [1.807, 2.05) is 0 Å². The highest BCUT2D eigenvalue weighted by Gasteiger charge is 2.17. The molecule has 4 heteroatoms. The Morgan fingerprint density at radius 3 is 1.48 bits per heavy atom. The minimum absolute atomic E-state index is 0. The SMILES string of the molecule is Br.CCCCCCCCCCCCCCCCCC(C)(C)NCC(O)CCl. The van der Waals surface area contributed by atoms with Gasteiger partial charge in [0.2, 0.25) is 0 Å². The first-order valence-electron chi connectivity index (χ1n) is 11.5. The second kappa shape index (κ2) is 21.4. The van der Waals surface area contributed by atoms with Crippen molar-refractivity contribution < 1.29 is 5.11 Å². The van der Waals surface area contributed by atoms with Gasteiger partial charge in [-0.05, 0) is 20.3 Å². The van der Waals surface area contributed by atoms with Crippen molar-refractivity contribution >= 4 is 28.6 Å². The van der Waals surface area contributed by atoms with Crippen LogP contribution in [0.15, 0.2) is 0 Å². The van der Waals surface area contributed by atoms with Crippen molar-refractivity contribution in [3.8, 4) is 0 Å². The molecule has 0 spiro atoms. The lowest BCUT2D eigenvalue weighted by molar-refractivity contribution is 0.176. The number of aliphatic hydroxyl groups is 1. The van der Waals surface area contributed by atoms with Crippen LogP contribution in [0, 0.1) is 0 Å². The molecule has 0 heterocycles. The Morgan fingerprint density at radius 1 is 0.741 bits per heavy atom. The Balaban J connectivity index is 0. The maximum absolute atomic E-state index is 9.53. The Kier molecular flexibility index (Phi) is 23.7. The third-order valence-corrected chi connectivity index (χ3v) is 5.76. The van der Waals surface area contributed by atoms with Crippen LogP contribution >= 0.6 is 28.6 Å². The Labute approximate surface area is 186 Å². The number of hydrogen-bond acceptors (Lipinski definition) is 2. The molecule has 0 aliphatic carbocycles. The molecular formula is C23H49BrClNO. The van der Waals surface area contributed by atoms with Crippen LogP contribution in [0.25, 0.3) is 0 Å². The fraction of sp³-hybridized carbons (Fsp3) is 1.00. The normalized spacial score (nSPS) is 12.8. The van der Waals surface area contributed by atoms with Gasteiger partial charge in [0.25, 0.3) is 0 Å². The number of nitrogens with one attached hydrogen (secondary N) is 1. The molecule has 1 atom stereocenters. The number of rotatable bonds is 20. The predicted octanol–water partition coefficient (Wildman–Crippen LogP) is 7.79. The fourth-order valence-corrected chi connectivity index (χ4v) is 3.58. The molecule has 2 nitrogen and oxygen atoms in total. The Bertz CT molecular complexity index is 290. The standard InChI is InChI=1S/C23H48ClNO.BrH/c1-4-5-6-7-8-9-10-11-12-13-14-15-16-17-18-19-23(2,3)25-21-22(26)20-24;/h22,25-26H,4-21H2,1-3H3;1H. The number of β-amino-alcohol motifs (C(OH)–C–C–N with tert-alkyl or cyclic N) is 1. The first kappa shape index (κ1) is 29.9. The highest BCUT2D eigenvalue weighted by molar-refractivity contribution is 8.93. The third kappa shape index (κ3) is 22.8. The van der Waals surface area contributed by atoms with Crippen molar-refractivity contribution in [2.45, 2.75) is 135 Å². The summed E-state index contributed by atoms with van der Waals surface area (Å²) in [4.78, 5) is 0. The van der Waals surface area contributed by atoms with Crippen LogP contribution in [0.4, 0.5) is 0 Å². The van der Waals surface area contributed by atoms with Crippen molar-refractivity contribution in [2.75, 3.05) is 12.4 Å². The van der Waals surface area contributed by atoms with Gasteiger partial charge in [0.15, 0.2) is 0 Å². The lowest BCUT2D eigenvalue weighted by Gasteiger charge is -2.27. The molecule has 0 aliphatic heterocycles. The van der Waals surface area contributed by atoms with E-state index in [1.54, 1.807) is 0 Å². The maximum atomic E-state index is 9.53. The van der Waals surface area contributed by atoms with Crippen LogP contribution < -0.4 is 5.32 Å². The van der Waals surface area contributed by atoms with Crippen LogP contribution in [0.5, 0.6) is 0 Å². The summed E-state index contributed by atoms with van der Waals surface area (Å²) >= 11 is 5.64. The van der Waals surface area contributed by atoms with Crippen LogP contribution in [0.3, 0.4) is 0 Å². The van der Waals surface area contributed by atoms with Gasteiger partial charge in [-0.3, -0.25) is 0 Å². The summed E-state index contributed by atoms with van der Waals surface area (Å²) in [6.07, 6.45) is 21.9. The molecule has 166 valence electrons. The van der Waals surface area contributed by atoms with Crippen molar-refractivity contribution in [1.82, 2.24) is 5.32 Å². The van der Waals surface area contributed by atoms with E-state index in [2.05, 4.69) is 26.1 Å². The van der Waals surface area contributed by atoms with E-state index in [-0.39, 0.29) is 22.5 Å². The number of hydrogen-bond donors (Lipinski definition) is 2. The topological polar surface area (TPSA) is 32.3 Å². The lowest BCUT2D eigenvalue weighted by Crippen LogP contribution is -2.43. The predicted molar refractivity (Wildman–Crippen MR) is 129 cm³/mol. The molecule has 27 heavy (non-hydrogen) atoms. The molecule has 0 saturated heterocycles. The Hall–Kier alpha value is 0.690. The summed E-state index contributed by atoms with van der Waals surface area (Å²) in [6, 6.07) is 0. The molecule has 0 fully saturated rings. The van der Waals surface area contributed by atoms with Gasteiger partial charge >= 0.3 is 0 Å². The van der Waals surface area contributed by atoms with Crippen molar-refractivity contribution in [1.29, 1.82) is 0 Å². The first-order valence-corrected chi connectivity index (χ1v) is 12.0. The molecule has 0 amide bonds. The summed E-state index contributed by atoms with van der Waals surface area (Å²) in [5, 5.41) is 13.0. The van der Waals surface area contributed by atoms with Gasteiger partial charge in [-0.2, -0.15) is 0 Å². The summed E-state index contributed by atoms with van der Waals surface area (Å²) in [7, 11) is 0. The highest BCUT2D eigenvalue weighted by Crippen LogP contribution is 2.17. The average molecular weight is 471 g/mol. The smallest absolute Gasteiger partial charge is 0.0799 e. The summed E-state index contributed by atoms with van der Waals surface area (Å²) < 4.78 is 0. The maximum Gasteiger partial charge on any atom is 0.0799 e. The molecular weight excluding hydrogens is 422 g/mol. The molecule has 0 bridgehead atoms. The van der Waals surface area contributed by atoms with E-state index in [4.69, 9.17) is 11.6 Å². The molecule has 2 N–H and O–H groups in total.